The summed E-state index contributed by atoms with van der Waals surface area (Å²) in [6.07, 6.45) is 3.78. The Hall–Kier alpha value is -0.790. The molecule has 0 bridgehead atoms. The van der Waals surface area contributed by atoms with Gasteiger partial charge in [0.15, 0.2) is 0 Å². The van der Waals surface area contributed by atoms with Crippen LogP contribution in [-0.4, -0.2) is 11.1 Å². The second-order valence-corrected chi connectivity index (χ2v) is 5.52. The number of carboxylic acid groups (broad SMARTS) is 1. The minimum atomic E-state index is -0.864. The third-order valence-corrected chi connectivity index (χ3v) is 2.60. The molecule has 0 saturated carbocycles. The Bertz CT molecular complexity index is 227. The highest BCUT2D eigenvalue weighted by molar-refractivity contribution is 5.85. The van der Waals surface area contributed by atoms with Crippen molar-refractivity contribution in [2.75, 3.05) is 0 Å². The summed E-state index contributed by atoms with van der Waals surface area (Å²) < 4.78 is 0. The first-order valence-corrected chi connectivity index (χ1v) is 5.65. The highest BCUT2D eigenvalue weighted by atomic mass is 16.4. The highest BCUT2D eigenvalue weighted by Gasteiger charge is 2.19. The Labute approximate surface area is 93.4 Å². The summed E-state index contributed by atoms with van der Waals surface area (Å²) in [5, 5.41) is 8.66. The van der Waals surface area contributed by atoms with Crippen molar-refractivity contribution >= 4 is 5.97 Å². The molecule has 0 radical (unpaired) electrons. The van der Waals surface area contributed by atoms with Crippen LogP contribution in [0.2, 0.25) is 0 Å². The first kappa shape index (κ1) is 14.2. The fourth-order valence-corrected chi connectivity index (χ4v) is 2.09. The van der Waals surface area contributed by atoms with Crippen molar-refractivity contribution in [1.82, 2.24) is 0 Å². The van der Waals surface area contributed by atoms with Gasteiger partial charge in [-0.15, -0.1) is 0 Å². The smallest absolute Gasteiger partial charge is 0.330 e. The number of aliphatic carboxylic acids is 1. The average Bonchev–Trinajstić information content (AvgIpc) is 2.00. The van der Waals surface area contributed by atoms with E-state index in [1.165, 1.54) is 6.42 Å². The highest BCUT2D eigenvalue weighted by Crippen LogP contribution is 2.31. The van der Waals surface area contributed by atoms with E-state index in [2.05, 4.69) is 34.3 Å². The molecule has 15 heavy (non-hydrogen) atoms. The predicted molar refractivity (Wildman–Crippen MR) is 63.9 cm³/mol. The second kappa shape index (κ2) is 5.94. The molecule has 1 N–H and O–H groups in total. The third kappa shape index (κ3) is 7.18. The molecule has 0 aromatic rings. The molecule has 0 aliphatic carbocycles. The van der Waals surface area contributed by atoms with E-state index in [-0.39, 0.29) is 0 Å². The molecule has 0 heterocycles. The summed E-state index contributed by atoms with van der Waals surface area (Å²) in [6.45, 7) is 12.5. The normalized spacial score (nSPS) is 11.8. The van der Waals surface area contributed by atoms with Crippen molar-refractivity contribution < 1.29 is 9.90 Å². The lowest BCUT2D eigenvalue weighted by atomic mass is 9.79. The van der Waals surface area contributed by atoms with Crippen LogP contribution in [0, 0.1) is 11.3 Å². The monoisotopic (exact) mass is 212 g/mol. The van der Waals surface area contributed by atoms with Crippen LogP contribution in [0.3, 0.4) is 0 Å². The van der Waals surface area contributed by atoms with Gasteiger partial charge in [-0.2, -0.15) is 0 Å². The molecule has 0 atom stereocenters. The number of hydrogen-bond acceptors (Lipinski definition) is 1. The average molecular weight is 212 g/mol. The van der Waals surface area contributed by atoms with E-state index in [4.69, 9.17) is 5.11 Å². The van der Waals surface area contributed by atoms with Crippen LogP contribution < -0.4 is 0 Å². The van der Waals surface area contributed by atoms with Crippen LogP contribution in [0.4, 0.5) is 0 Å². The molecule has 2 heteroatoms. The first-order valence-electron chi connectivity index (χ1n) is 5.65. The quantitative estimate of drug-likeness (QED) is 0.650. The van der Waals surface area contributed by atoms with E-state index in [0.717, 1.165) is 12.8 Å². The van der Waals surface area contributed by atoms with E-state index in [0.29, 0.717) is 23.3 Å². The molecule has 0 amide bonds. The Balaban J connectivity index is 3.84. The lowest BCUT2D eigenvalue weighted by molar-refractivity contribution is -0.132. The van der Waals surface area contributed by atoms with Crippen molar-refractivity contribution in [2.24, 2.45) is 11.3 Å². The Morgan fingerprint density at radius 2 is 1.93 bits per heavy atom. The van der Waals surface area contributed by atoms with Gasteiger partial charge in [-0.1, -0.05) is 34.3 Å². The van der Waals surface area contributed by atoms with Gasteiger partial charge in [0, 0.05) is 5.57 Å². The molecular weight excluding hydrogens is 188 g/mol. The van der Waals surface area contributed by atoms with Crippen LogP contribution in [0.15, 0.2) is 12.2 Å². The Kier molecular flexibility index (Phi) is 5.63. The summed E-state index contributed by atoms with van der Waals surface area (Å²) in [5.41, 5.74) is 0.641. The maximum Gasteiger partial charge on any atom is 0.330 e. The molecule has 0 aromatic heterocycles. The van der Waals surface area contributed by atoms with Crippen molar-refractivity contribution in [1.29, 1.82) is 0 Å². The SMILES string of the molecule is C=C(CCCC(C)(C)CC(C)C)C(=O)O. The van der Waals surface area contributed by atoms with Gasteiger partial charge in [0.25, 0.3) is 0 Å². The minimum absolute atomic E-state index is 0.312. The van der Waals surface area contributed by atoms with Gasteiger partial charge in [-0.05, 0) is 37.0 Å². The zero-order valence-corrected chi connectivity index (χ0v) is 10.5. The fourth-order valence-electron chi connectivity index (χ4n) is 2.09. The summed E-state index contributed by atoms with van der Waals surface area (Å²) >= 11 is 0. The largest absolute Gasteiger partial charge is 0.478 e. The van der Waals surface area contributed by atoms with E-state index >= 15 is 0 Å². The van der Waals surface area contributed by atoms with Gasteiger partial charge < -0.3 is 5.11 Å². The Morgan fingerprint density at radius 3 is 2.33 bits per heavy atom. The molecule has 0 unspecified atom stereocenters. The number of carbonyl (C=O) groups is 1. The molecule has 0 aliphatic heterocycles. The first-order chi connectivity index (χ1) is 6.74. The van der Waals surface area contributed by atoms with Crippen molar-refractivity contribution in [2.45, 2.75) is 53.4 Å². The van der Waals surface area contributed by atoms with E-state index in [9.17, 15) is 4.79 Å². The van der Waals surface area contributed by atoms with Crippen molar-refractivity contribution in [3.8, 4) is 0 Å². The van der Waals surface area contributed by atoms with Crippen LogP contribution >= 0.6 is 0 Å². The van der Waals surface area contributed by atoms with E-state index in [1.807, 2.05) is 0 Å². The molecule has 0 spiro atoms. The topological polar surface area (TPSA) is 37.3 Å². The van der Waals surface area contributed by atoms with Gasteiger partial charge >= 0.3 is 5.97 Å². The standard InChI is InChI=1S/C13H24O2/c1-10(2)9-13(4,5)8-6-7-11(3)12(14)15/h10H,3,6-9H2,1-2,4-5H3,(H,14,15). The van der Waals surface area contributed by atoms with Gasteiger partial charge in [0.2, 0.25) is 0 Å². The molecule has 0 saturated heterocycles. The molecule has 2 nitrogen and oxygen atoms in total. The van der Waals surface area contributed by atoms with E-state index < -0.39 is 5.97 Å². The summed E-state index contributed by atoms with van der Waals surface area (Å²) in [4.78, 5) is 10.5. The molecule has 0 fully saturated rings. The predicted octanol–water partition coefficient (Wildman–Crippen LogP) is 3.87. The number of rotatable bonds is 7. The third-order valence-electron chi connectivity index (χ3n) is 2.60. The van der Waals surface area contributed by atoms with E-state index in [1.54, 1.807) is 0 Å². The van der Waals surface area contributed by atoms with Crippen LogP contribution in [-0.2, 0) is 4.79 Å². The summed E-state index contributed by atoms with van der Waals surface area (Å²) in [5.74, 6) is -0.167. The summed E-state index contributed by atoms with van der Waals surface area (Å²) in [6, 6.07) is 0. The molecule has 0 aromatic carbocycles. The fraction of sp³-hybridized carbons (Fsp3) is 0.769. The van der Waals surface area contributed by atoms with Crippen LogP contribution in [0.25, 0.3) is 0 Å². The maximum atomic E-state index is 10.5. The second-order valence-electron chi connectivity index (χ2n) is 5.52. The van der Waals surface area contributed by atoms with Gasteiger partial charge in [-0.25, -0.2) is 4.79 Å². The van der Waals surface area contributed by atoms with Crippen LogP contribution in [0.5, 0.6) is 0 Å². The van der Waals surface area contributed by atoms with Crippen molar-refractivity contribution in [3.63, 3.8) is 0 Å². The maximum absolute atomic E-state index is 10.5. The van der Waals surface area contributed by atoms with Gasteiger partial charge in [-0.3, -0.25) is 0 Å². The summed E-state index contributed by atoms with van der Waals surface area (Å²) in [7, 11) is 0. The lowest BCUT2D eigenvalue weighted by Crippen LogP contribution is -2.14. The molecule has 88 valence electrons. The van der Waals surface area contributed by atoms with Gasteiger partial charge in [0.05, 0.1) is 0 Å². The molecule has 0 rings (SSSR count). The van der Waals surface area contributed by atoms with Gasteiger partial charge in [0.1, 0.15) is 0 Å². The molecular formula is C13H24O2. The zero-order valence-electron chi connectivity index (χ0n) is 10.5. The van der Waals surface area contributed by atoms with Crippen LogP contribution in [0.1, 0.15) is 53.4 Å². The van der Waals surface area contributed by atoms with Crippen molar-refractivity contribution in [3.05, 3.63) is 12.2 Å². The Morgan fingerprint density at radius 1 is 1.40 bits per heavy atom. The lowest BCUT2D eigenvalue weighted by Gasteiger charge is -2.26. The zero-order chi connectivity index (χ0) is 12.1. The molecule has 0 aliphatic rings. The number of hydrogen-bond donors (Lipinski definition) is 1. The number of carboxylic acids is 1. The minimum Gasteiger partial charge on any atom is -0.478 e.